The van der Waals surface area contributed by atoms with Crippen molar-refractivity contribution in [2.45, 2.75) is 13.2 Å². The van der Waals surface area contributed by atoms with Gasteiger partial charge in [0.15, 0.2) is 0 Å². The van der Waals surface area contributed by atoms with Crippen molar-refractivity contribution in [2.75, 3.05) is 7.05 Å². The van der Waals surface area contributed by atoms with E-state index < -0.39 is 0 Å². The molecule has 0 N–H and O–H groups in total. The molecule has 4 nitrogen and oxygen atoms in total. The summed E-state index contributed by atoms with van der Waals surface area (Å²) >= 11 is 3.51. The number of hydrogen-bond acceptors (Lipinski definition) is 3. The lowest BCUT2D eigenvalue weighted by Gasteiger charge is -2.18. The van der Waals surface area contributed by atoms with Crippen LogP contribution in [0.1, 0.15) is 21.7 Å². The zero-order valence-corrected chi connectivity index (χ0v) is 15.4. The third-order valence-electron chi connectivity index (χ3n) is 3.78. The first-order chi connectivity index (χ1) is 12.1. The topological polar surface area (TPSA) is 42.7 Å². The van der Waals surface area contributed by atoms with Crippen LogP contribution < -0.4 is 4.74 Å². The summed E-state index contributed by atoms with van der Waals surface area (Å²) in [6.07, 6.45) is 1.60. The average molecular weight is 400 g/mol. The summed E-state index contributed by atoms with van der Waals surface area (Å²) in [5, 5.41) is 0. The van der Waals surface area contributed by atoms with Gasteiger partial charge in [-0.15, -0.1) is 0 Å². The molecule has 0 atom stereocenters. The van der Waals surface area contributed by atoms with E-state index in [2.05, 4.69) is 15.9 Å². The van der Waals surface area contributed by atoms with E-state index in [1.807, 2.05) is 54.6 Å². The highest BCUT2D eigenvalue weighted by Crippen LogP contribution is 2.23. The number of para-hydroxylation sites is 1. The van der Waals surface area contributed by atoms with E-state index in [1.54, 1.807) is 24.3 Å². The van der Waals surface area contributed by atoms with Gasteiger partial charge in [0.05, 0.1) is 18.4 Å². The van der Waals surface area contributed by atoms with Gasteiger partial charge in [-0.1, -0.05) is 46.3 Å². The first-order valence-electron chi connectivity index (χ1n) is 7.88. The standard InChI is InChI=1S/C20H18BrNO3/c1-22(13-16-8-6-12-24-16)20(23)17-9-3-5-11-19(17)25-14-15-7-2-4-10-18(15)21/h2-12H,13-14H2,1H3. The van der Waals surface area contributed by atoms with Gasteiger partial charge in [0.2, 0.25) is 0 Å². The van der Waals surface area contributed by atoms with Crippen LogP contribution in [0.4, 0.5) is 0 Å². The minimum atomic E-state index is -0.112. The molecule has 0 aliphatic rings. The third kappa shape index (κ3) is 4.31. The number of carbonyl (C=O) groups excluding carboxylic acids is 1. The number of carbonyl (C=O) groups is 1. The molecule has 0 aliphatic heterocycles. The van der Waals surface area contributed by atoms with Gasteiger partial charge < -0.3 is 14.1 Å². The minimum absolute atomic E-state index is 0.112. The van der Waals surface area contributed by atoms with Crippen molar-refractivity contribution < 1.29 is 13.9 Å². The molecular weight excluding hydrogens is 382 g/mol. The second-order valence-corrected chi connectivity index (χ2v) is 6.47. The highest BCUT2D eigenvalue weighted by atomic mass is 79.9. The number of amides is 1. The zero-order chi connectivity index (χ0) is 17.6. The summed E-state index contributed by atoms with van der Waals surface area (Å²) in [5.74, 6) is 1.19. The molecule has 0 radical (unpaired) electrons. The van der Waals surface area contributed by atoms with Crippen molar-refractivity contribution in [1.82, 2.24) is 4.90 Å². The molecule has 128 valence electrons. The maximum Gasteiger partial charge on any atom is 0.257 e. The summed E-state index contributed by atoms with van der Waals surface area (Å²) in [7, 11) is 1.75. The highest BCUT2D eigenvalue weighted by Gasteiger charge is 2.17. The van der Waals surface area contributed by atoms with Crippen molar-refractivity contribution in [3.05, 3.63) is 88.3 Å². The van der Waals surface area contributed by atoms with Crippen molar-refractivity contribution >= 4 is 21.8 Å². The van der Waals surface area contributed by atoms with Crippen LogP contribution in [0.15, 0.2) is 75.8 Å². The van der Waals surface area contributed by atoms with Gasteiger partial charge >= 0.3 is 0 Å². The fourth-order valence-electron chi connectivity index (χ4n) is 2.45. The monoisotopic (exact) mass is 399 g/mol. The Morgan fingerprint density at radius 2 is 1.84 bits per heavy atom. The Morgan fingerprint density at radius 3 is 2.60 bits per heavy atom. The molecule has 1 aromatic heterocycles. The molecule has 3 rings (SSSR count). The van der Waals surface area contributed by atoms with Crippen LogP contribution in [0.5, 0.6) is 5.75 Å². The fourth-order valence-corrected chi connectivity index (χ4v) is 2.85. The molecule has 1 amide bonds. The molecule has 0 bridgehead atoms. The second-order valence-electron chi connectivity index (χ2n) is 5.62. The van der Waals surface area contributed by atoms with E-state index >= 15 is 0 Å². The molecule has 0 saturated heterocycles. The van der Waals surface area contributed by atoms with Crippen molar-refractivity contribution in [3.8, 4) is 5.75 Å². The molecule has 3 aromatic rings. The molecule has 0 fully saturated rings. The maximum absolute atomic E-state index is 12.8. The van der Waals surface area contributed by atoms with Crippen LogP contribution in [0.2, 0.25) is 0 Å². The Bertz CT molecular complexity index is 846. The number of nitrogens with zero attached hydrogens (tertiary/aromatic N) is 1. The quantitative estimate of drug-likeness (QED) is 0.592. The van der Waals surface area contributed by atoms with Gasteiger partial charge in [-0.3, -0.25) is 4.79 Å². The molecule has 25 heavy (non-hydrogen) atoms. The SMILES string of the molecule is CN(Cc1ccco1)C(=O)c1ccccc1OCc1ccccc1Br. The van der Waals surface area contributed by atoms with E-state index in [4.69, 9.17) is 9.15 Å². The highest BCUT2D eigenvalue weighted by molar-refractivity contribution is 9.10. The van der Waals surface area contributed by atoms with E-state index in [1.165, 1.54) is 0 Å². The van der Waals surface area contributed by atoms with Gasteiger partial charge in [0.25, 0.3) is 5.91 Å². The maximum atomic E-state index is 12.8. The second kappa shape index (κ2) is 8.03. The summed E-state index contributed by atoms with van der Waals surface area (Å²) in [6.45, 7) is 0.790. The van der Waals surface area contributed by atoms with Gasteiger partial charge in [0.1, 0.15) is 18.1 Å². The summed E-state index contributed by atoms with van der Waals surface area (Å²) in [5.41, 5.74) is 1.55. The van der Waals surface area contributed by atoms with E-state index in [-0.39, 0.29) is 5.91 Å². The number of halogens is 1. The van der Waals surface area contributed by atoms with Crippen LogP contribution in [0.3, 0.4) is 0 Å². The van der Waals surface area contributed by atoms with E-state index in [0.717, 1.165) is 15.8 Å². The molecule has 0 unspecified atom stereocenters. The normalized spacial score (nSPS) is 10.5. The first-order valence-corrected chi connectivity index (χ1v) is 8.67. The summed E-state index contributed by atoms with van der Waals surface area (Å²) < 4.78 is 12.2. The predicted octanol–water partition coefficient (Wildman–Crippen LogP) is 4.89. The van der Waals surface area contributed by atoms with E-state index in [0.29, 0.717) is 24.5 Å². The van der Waals surface area contributed by atoms with E-state index in [9.17, 15) is 4.79 Å². The first kappa shape index (κ1) is 17.3. The molecule has 2 aromatic carbocycles. The van der Waals surface area contributed by atoms with Gasteiger partial charge in [-0.05, 0) is 30.3 Å². The number of benzene rings is 2. The Morgan fingerprint density at radius 1 is 1.08 bits per heavy atom. The number of furan rings is 1. The minimum Gasteiger partial charge on any atom is -0.488 e. The Kier molecular flexibility index (Phi) is 5.56. The number of ether oxygens (including phenoxy) is 1. The van der Waals surface area contributed by atoms with Crippen molar-refractivity contribution in [3.63, 3.8) is 0 Å². The lowest BCUT2D eigenvalue weighted by molar-refractivity contribution is 0.0770. The molecule has 0 saturated carbocycles. The lowest BCUT2D eigenvalue weighted by Crippen LogP contribution is -2.26. The smallest absolute Gasteiger partial charge is 0.257 e. The molecule has 0 aliphatic carbocycles. The molecule has 0 spiro atoms. The number of hydrogen-bond donors (Lipinski definition) is 0. The third-order valence-corrected chi connectivity index (χ3v) is 4.55. The van der Waals surface area contributed by atoms with Crippen LogP contribution in [0, 0.1) is 0 Å². The fraction of sp³-hybridized carbons (Fsp3) is 0.150. The van der Waals surface area contributed by atoms with Crippen molar-refractivity contribution in [2.24, 2.45) is 0 Å². The Labute approximate surface area is 155 Å². The summed E-state index contributed by atoms with van der Waals surface area (Å²) in [4.78, 5) is 14.4. The molecule has 1 heterocycles. The average Bonchev–Trinajstić information content (AvgIpc) is 3.13. The van der Waals surface area contributed by atoms with Crippen LogP contribution >= 0.6 is 15.9 Å². The summed E-state index contributed by atoms with van der Waals surface area (Å²) in [6, 6.07) is 18.8. The Hall–Kier alpha value is -2.53. The van der Waals surface area contributed by atoms with Crippen molar-refractivity contribution in [1.29, 1.82) is 0 Å². The van der Waals surface area contributed by atoms with Gasteiger partial charge in [0, 0.05) is 17.1 Å². The van der Waals surface area contributed by atoms with Crippen LogP contribution in [0.25, 0.3) is 0 Å². The largest absolute Gasteiger partial charge is 0.488 e. The molecule has 5 heteroatoms. The zero-order valence-electron chi connectivity index (χ0n) is 13.8. The lowest BCUT2D eigenvalue weighted by atomic mass is 10.1. The Balaban J connectivity index is 1.74. The number of rotatable bonds is 6. The van der Waals surface area contributed by atoms with Crippen LogP contribution in [-0.2, 0) is 13.2 Å². The predicted molar refractivity (Wildman–Crippen MR) is 99.4 cm³/mol. The molecular formula is C20H18BrNO3. The van der Waals surface area contributed by atoms with Crippen LogP contribution in [-0.4, -0.2) is 17.9 Å². The van der Waals surface area contributed by atoms with Gasteiger partial charge in [-0.2, -0.15) is 0 Å². The van der Waals surface area contributed by atoms with Gasteiger partial charge in [-0.25, -0.2) is 0 Å².